The fourth-order valence-corrected chi connectivity index (χ4v) is 2.05. The highest BCUT2D eigenvalue weighted by molar-refractivity contribution is 6.38. The summed E-state index contributed by atoms with van der Waals surface area (Å²) >= 11 is 0. The fraction of sp³-hybridized carbons (Fsp3) is 0.250. The number of carbonyl (C=O) groups is 1. The van der Waals surface area contributed by atoms with Gasteiger partial charge in [-0.25, -0.2) is 4.98 Å². The lowest BCUT2D eigenvalue weighted by Gasteiger charge is -2.11. The van der Waals surface area contributed by atoms with Crippen molar-refractivity contribution >= 4 is 17.7 Å². The molecule has 0 aliphatic heterocycles. The number of nitrogens with zero attached hydrogens (tertiary/aromatic N) is 4. The van der Waals surface area contributed by atoms with Crippen LogP contribution in [0.5, 0.6) is 5.75 Å². The van der Waals surface area contributed by atoms with Crippen LogP contribution in [0.25, 0.3) is 5.69 Å². The highest BCUT2D eigenvalue weighted by atomic mass is 16.5. The van der Waals surface area contributed by atoms with Gasteiger partial charge in [0.05, 0.1) is 31.4 Å². The van der Waals surface area contributed by atoms with Crippen LogP contribution in [-0.4, -0.2) is 40.9 Å². The largest absolute Gasteiger partial charge is 0.495 e. The van der Waals surface area contributed by atoms with E-state index in [0.29, 0.717) is 11.5 Å². The summed E-state index contributed by atoms with van der Waals surface area (Å²) in [6, 6.07) is 5.56. The van der Waals surface area contributed by atoms with Crippen molar-refractivity contribution in [2.24, 2.45) is 15.9 Å². The van der Waals surface area contributed by atoms with Crippen LogP contribution >= 0.6 is 0 Å². The smallest absolute Gasteiger partial charge is 0.151 e. The van der Waals surface area contributed by atoms with E-state index in [9.17, 15) is 4.79 Å². The lowest BCUT2D eigenvalue weighted by molar-refractivity contribution is -0.115. The van der Waals surface area contributed by atoms with Crippen LogP contribution in [0.3, 0.4) is 0 Å². The first-order valence-electron chi connectivity index (χ1n) is 7.01. The van der Waals surface area contributed by atoms with Gasteiger partial charge in [0.15, 0.2) is 5.78 Å². The maximum Gasteiger partial charge on any atom is 0.151 e. The Labute approximate surface area is 134 Å². The summed E-state index contributed by atoms with van der Waals surface area (Å²) in [7, 11) is 1.59. The van der Waals surface area contributed by atoms with Gasteiger partial charge in [0.2, 0.25) is 0 Å². The third-order valence-electron chi connectivity index (χ3n) is 3.13. The van der Waals surface area contributed by atoms with E-state index in [1.807, 2.05) is 35.9 Å². The van der Waals surface area contributed by atoms with Gasteiger partial charge in [0.25, 0.3) is 0 Å². The summed E-state index contributed by atoms with van der Waals surface area (Å²) in [5.41, 5.74) is 2.99. The van der Waals surface area contributed by atoms with Gasteiger partial charge in [-0.15, -0.1) is 0 Å². The van der Waals surface area contributed by atoms with Crippen molar-refractivity contribution in [3.63, 3.8) is 0 Å². The molecule has 0 radical (unpaired) electrons. The normalized spacial score (nSPS) is 11.9. The van der Waals surface area contributed by atoms with E-state index in [1.54, 1.807) is 13.4 Å². The highest BCUT2D eigenvalue weighted by Gasteiger charge is 2.10. The number of nitrogens with two attached hydrogens (primary N) is 1. The van der Waals surface area contributed by atoms with E-state index in [-0.39, 0.29) is 12.3 Å². The van der Waals surface area contributed by atoms with E-state index < -0.39 is 0 Å². The molecule has 1 heterocycles. The van der Waals surface area contributed by atoms with Crippen LogP contribution in [0, 0.1) is 6.92 Å². The minimum Gasteiger partial charge on any atom is -0.495 e. The molecule has 7 nitrogen and oxygen atoms in total. The second kappa shape index (κ2) is 7.35. The van der Waals surface area contributed by atoms with Crippen LogP contribution in [0.15, 0.2) is 40.8 Å². The Morgan fingerprint density at radius 3 is 2.83 bits per heavy atom. The minimum absolute atomic E-state index is 0.0268. The molecule has 0 aliphatic rings. The summed E-state index contributed by atoms with van der Waals surface area (Å²) in [5, 5.41) is 3.72. The van der Waals surface area contributed by atoms with Crippen molar-refractivity contribution in [3.05, 3.63) is 42.0 Å². The molecular formula is C16H19N5O2. The number of hydrogen-bond acceptors (Lipinski definition) is 6. The molecule has 0 amide bonds. The van der Waals surface area contributed by atoms with E-state index >= 15 is 0 Å². The van der Waals surface area contributed by atoms with Gasteiger partial charge < -0.3 is 15.1 Å². The molecule has 2 aromatic rings. The molecular weight excluding hydrogens is 294 g/mol. The van der Waals surface area contributed by atoms with Crippen LogP contribution in [0.1, 0.15) is 18.2 Å². The molecule has 0 aliphatic carbocycles. The van der Waals surface area contributed by atoms with Gasteiger partial charge in [0, 0.05) is 18.0 Å². The molecule has 0 spiro atoms. The molecule has 120 valence electrons. The fourth-order valence-electron chi connectivity index (χ4n) is 2.05. The van der Waals surface area contributed by atoms with Crippen molar-refractivity contribution in [2.45, 2.75) is 13.8 Å². The van der Waals surface area contributed by atoms with Crippen LogP contribution < -0.4 is 10.6 Å². The summed E-state index contributed by atoms with van der Waals surface area (Å²) in [5.74, 6) is 6.05. The number of hydrogen-bond donors (Lipinski definition) is 1. The standard InChI is InChI=1S/C16H19N5O2/c1-11-9-21(10-19-11)15-5-4-13(6-16(15)23-3)14(20-17)8-18-7-12(2)22/h4-6,8-10H,7,17H2,1-3H3/b18-8?,20-14+. The zero-order valence-electron chi connectivity index (χ0n) is 13.4. The topological polar surface area (TPSA) is 94.9 Å². The number of carbonyl (C=O) groups excluding carboxylic acids is 1. The second-order valence-electron chi connectivity index (χ2n) is 5.00. The van der Waals surface area contributed by atoms with Crippen LogP contribution in [-0.2, 0) is 4.79 Å². The molecule has 0 fully saturated rings. The van der Waals surface area contributed by atoms with E-state index in [1.165, 1.54) is 13.1 Å². The average Bonchev–Trinajstić information content (AvgIpc) is 2.97. The number of imidazole rings is 1. The highest BCUT2D eigenvalue weighted by Crippen LogP contribution is 2.24. The quantitative estimate of drug-likeness (QED) is 0.497. The molecule has 1 aromatic heterocycles. The summed E-state index contributed by atoms with van der Waals surface area (Å²) < 4.78 is 7.32. The molecule has 2 rings (SSSR count). The SMILES string of the molecule is COc1cc(/C(C=NCC(C)=O)=N/N)ccc1-n1cnc(C)c1. The third kappa shape index (κ3) is 4.03. The van der Waals surface area contributed by atoms with Gasteiger partial charge in [-0.3, -0.25) is 9.79 Å². The molecule has 0 saturated carbocycles. The van der Waals surface area contributed by atoms with Crippen molar-refractivity contribution in [1.29, 1.82) is 0 Å². The Kier molecular flexibility index (Phi) is 5.24. The van der Waals surface area contributed by atoms with E-state index in [2.05, 4.69) is 15.1 Å². The maximum absolute atomic E-state index is 10.9. The molecule has 0 bridgehead atoms. The Balaban J connectivity index is 2.34. The van der Waals surface area contributed by atoms with Crippen molar-refractivity contribution in [2.75, 3.05) is 13.7 Å². The Morgan fingerprint density at radius 2 is 2.26 bits per heavy atom. The monoisotopic (exact) mass is 313 g/mol. The van der Waals surface area contributed by atoms with Crippen LogP contribution in [0.4, 0.5) is 0 Å². The van der Waals surface area contributed by atoms with Gasteiger partial charge in [-0.05, 0) is 26.0 Å². The minimum atomic E-state index is -0.0268. The van der Waals surface area contributed by atoms with Crippen molar-refractivity contribution < 1.29 is 9.53 Å². The summed E-state index contributed by atoms with van der Waals surface area (Å²) in [4.78, 5) is 19.2. The van der Waals surface area contributed by atoms with Gasteiger partial charge in [0.1, 0.15) is 11.5 Å². The Bertz CT molecular complexity index is 762. The number of ketones is 1. The van der Waals surface area contributed by atoms with Gasteiger partial charge in [-0.1, -0.05) is 6.07 Å². The zero-order valence-corrected chi connectivity index (χ0v) is 13.4. The number of methoxy groups -OCH3 is 1. The molecule has 0 saturated heterocycles. The van der Waals surface area contributed by atoms with Gasteiger partial charge in [-0.2, -0.15) is 5.10 Å². The molecule has 2 N–H and O–H groups in total. The number of rotatable bonds is 6. The molecule has 0 unspecified atom stereocenters. The first-order valence-corrected chi connectivity index (χ1v) is 7.01. The number of aryl methyl sites for hydroxylation is 1. The second-order valence-corrected chi connectivity index (χ2v) is 5.00. The number of Topliss-reactive ketones (excluding diaryl/α,β-unsaturated/α-hetero) is 1. The number of benzene rings is 1. The van der Waals surface area contributed by atoms with Gasteiger partial charge >= 0.3 is 0 Å². The molecule has 1 aromatic carbocycles. The molecule has 7 heteroatoms. The first kappa shape index (κ1) is 16.4. The number of aliphatic imine (C=N–C) groups is 1. The predicted molar refractivity (Wildman–Crippen MR) is 89.6 cm³/mol. The van der Waals surface area contributed by atoms with Crippen LogP contribution in [0.2, 0.25) is 0 Å². The predicted octanol–water partition coefficient (Wildman–Crippen LogP) is 1.51. The van der Waals surface area contributed by atoms with E-state index in [4.69, 9.17) is 10.6 Å². The lowest BCUT2D eigenvalue weighted by Crippen LogP contribution is -2.08. The molecule has 23 heavy (non-hydrogen) atoms. The van der Waals surface area contributed by atoms with Crippen molar-refractivity contribution in [3.8, 4) is 11.4 Å². The number of ether oxygens (including phenoxy) is 1. The number of hydrazone groups is 1. The van der Waals surface area contributed by atoms with Crippen molar-refractivity contribution in [1.82, 2.24) is 9.55 Å². The Hall–Kier alpha value is -2.96. The lowest BCUT2D eigenvalue weighted by atomic mass is 10.1. The third-order valence-corrected chi connectivity index (χ3v) is 3.13. The molecule has 0 atom stereocenters. The summed E-state index contributed by atoms with van der Waals surface area (Å²) in [6.45, 7) is 3.49. The van der Waals surface area contributed by atoms with E-state index in [0.717, 1.165) is 16.9 Å². The average molecular weight is 313 g/mol. The maximum atomic E-state index is 10.9. The number of aromatic nitrogens is 2. The first-order chi connectivity index (χ1) is 11.0. The zero-order chi connectivity index (χ0) is 16.8. The Morgan fingerprint density at radius 1 is 1.48 bits per heavy atom. The summed E-state index contributed by atoms with van der Waals surface area (Å²) in [6.07, 6.45) is 5.11.